The summed E-state index contributed by atoms with van der Waals surface area (Å²) in [5.41, 5.74) is 1.96. The van der Waals surface area contributed by atoms with Crippen LogP contribution in [0.4, 0.5) is 5.69 Å². The molecule has 2 aromatic carbocycles. The number of carbonyl (C=O) groups excluding carboxylic acids is 1. The Kier molecular flexibility index (Phi) is 7.07. The van der Waals surface area contributed by atoms with Crippen molar-refractivity contribution in [2.45, 2.75) is 43.5 Å². The molecule has 0 fully saturated rings. The standard InChI is InChI=1S/C24H23ClN4O2S/c1-14(21(30)27-19-8-6-5-7-18(19)25)32-23-28-20(17(13-26)22(31)29-23)15-9-11-16(12-10-15)24(2,3)4/h5-12,14H,1-4H3,(H,27,30)(H,28,29,31)/t14-/m1/s1. The van der Waals surface area contributed by atoms with Crippen molar-refractivity contribution in [1.29, 1.82) is 5.26 Å². The van der Waals surface area contributed by atoms with Crippen molar-refractivity contribution in [3.05, 3.63) is 75.0 Å². The van der Waals surface area contributed by atoms with Crippen molar-refractivity contribution in [2.75, 3.05) is 5.32 Å². The zero-order valence-electron chi connectivity index (χ0n) is 18.2. The largest absolute Gasteiger partial charge is 0.324 e. The number of thioether (sulfide) groups is 1. The van der Waals surface area contributed by atoms with E-state index in [1.165, 1.54) is 0 Å². The minimum absolute atomic E-state index is 0.0242. The van der Waals surface area contributed by atoms with E-state index in [9.17, 15) is 14.9 Å². The second kappa shape index (κ2) is 9.60. The minimum atomic E-state index is -0.571. The highest BCUT2D eigenvalue weighted by atomic mass is 35.5. The number of aromatic nitrogens is 2. The average molecular weight is 467 g/mol. The number of nitriles is 1. The molecule has 6 nitrogen and oxygen atoms in total. The lowest BCUT2D eigenvalue weighted by Crippen LogP contribution is -2.24. The molecule has 0 saturated carbocycles. The minimum Gasteiger partial charge on any atom is -0.324 e. The van der Waals surface area contributed by atoms with Crippen LogP contribution < -0.4 is 10.9 Å². The van der Waals surface area contributed by atoms with Gasteiger partial charge in [-0.05, 0) is 30.0 Å². The SMILES string of the molecule is C[C@@H](Sc1nc(-c2ccc(C(C)(C)C)cc2)c(C#N)c(=O)[nH]1)C(=O)Nc1ccccc1Cl. The Morgan fingerprint density at radius 1 is 1.19 bits per heavy atom. The number of nitrogens with one attached hydrogen (secondary N) is 2. The number of para-hydroxylation sites is 1. The molecule has 3 aromatic rings. The van der Waals surface area contributed by atoms with E-state index in [0.717, 1.165) is 17.3 Å². The molecule has 0 unspecified atom stereocenters. The van der Waals surface area contributed by atoms with Crippen molar-refractivity contribution >= 4 is 35.0 Å². The molecule has 1 aromatic heterocycles. The Morgan fingerprint density at radius 2 is 1.84 bits per heavy atom. The second-order valence-corrected chi connectivity index (χ2v) is 10.00. The van der Waals surface area contributed by atoms with E-state index >= 15 is 0 Å². The van der Waals surface area contributed by atoms with Crippen LogP contribution in [-0.4, -0.2) is 21.1 Å². The van der Waals surface area contributed by atoms with Gasteiger partial charge in [-0.1, -0.05) is 80.5 Å². The topological polar surface area (TPSA) is 98.6 Å². The highest BCUT2D eigenvalue weighted by molar-refractivity contribution is 8.00. The number of carbonyl (C=O) groups is 1. The smallest absolute Gasteiger partial charge is 0.270 e. The number of halogens is 1. The number of hydrogen-bond donors (Lipinski definition) is 2. The Bertz CT molecular complexity index is 1240. The van der Waals surface area contributed by atoms with Crippen molar-refractivity contribution in [2.24, 2.45) is 0 Å². The van der Waals surface area contributed by atoms with Gasteiger partial charge in [0.25, 0.3) is 5.56 Å². The number of H-pyrrole nitrogens is 1. The lowest BCUT2D eigenvalue weighted by molar-refractivity contribution is -0.115. The summed E-state index contributed by atoms with van der Waals surface area (Å²) in [7, 11) is 0. The third-order valence-electron chi connectivity index (χ3n) is 4.82. The molecule has 164 valence electrons. The maximum absolute atomic E-state index is 12.6. The molecule has 1 amide bonds. The molecule has 0 spiro atoms. The maximum atomic E-state index is 12.6. The van der Waals surface area contributed by atoms with Crippen molar-refractivity contribution in [3.8, 4) is 17.3 Å². The zero-order chi connectivity index (χ0) is 23.5. The van der Waals surface area contributed by atoms with Gasteiger partial charge in [0.2, 0.25) is 5.91 Å². The van der Waals surface area contributed by atoms with Gasteiger partial charge in [-0.15, -0.1) is 0 Å². The number of rotatable bonds is 5. The fourth-order valence-electron chi connectivity index (χ4n) is 2.97. The van der Waals surface area contributed by atoms with Crippen LogP contribution in [0.1, 0.15) is 38.8 Å². The van der Waals surface area contributed by atoms with Gasteiger partial charge in [0, 0.05) is 5.56 Å². The Morgan fingerprint density at radius 3 is 2.44 bits per heavy atom. The van der Waals surface area contributed by atoms with E-state index in [0.29, 0.717) is 16.3 Å². The van der Waals surface area contributed by atoms with Crippen molar-refractivity contribution in [3.63, 3.8) is 0 Å². The van der Waals surface area contributed by atoms with E-state index < -0.39 is 10.8 Å². The normalized spacial score (nSPS) is 12.1. The summed E-state index contributed by atoms with van der Waals surface area (Å²) in [6.45, 7) is 8.03. The van der Waals surface area contributed by atoms with Gasteiger partial charge in [0.1, 0.15) is 11.6 Å². The van der Waals surface area contributed by atoms with Crippen molar-refractivity contribution < 1.29 is 4.79 Å². The number of anilines is 1. The maximum Gasteiger partial charge on any atom is 0.270 e. The second-order valence-electron chi connectivity index (χ2n) is 8.26. The lowest BCUT2D eigenvalue weighted by Gasteiger charge is -2.19. The third-order valence-corrected chi connectivity index (χ3v) is 6.14. The molecule has 8 heteroatoms. The Hall–Kier alpha value is -3.08. The first-order valence-corrected chi connectivity index (χ1v) is 11.2. The van der Waals surface area contributed by atoms with Crippen LogP contribution in [-0.2, 0) is 10.2 Å². The lowest BCUT2D eigenvalue weighted by atomic mass is 9.86. The van der Waals surface area contributed by atoms with Gasteiger partial charge in [-0.3, -0.25) is 9.59 Å². The van der Waals surface area contributed by atoms with E-state index in [4.69, 9.17) is 11.6 Å². The molecular weight excluding hydrogens is 444 g/mol. The number of amides is 1. The molecule has 0 aliphatic carbocycles. The van der Waals surface area contributed by atoms with Gasteiger partial charge >= 0.3 is 0 Å². The molecule has 0 aliphatic rings. The fraction of sp³-hybridized carbons (Fsp3) is 0.250. The highest BCUT2D eigenvalue weighted by Gasteiger charge is 2.20. The van der Waals surface area contributed by atoms with Gasteiger partial charge in [-0.2, -0.15) is 5.26 Å². The molecule has 0 radical (unpaired) electrons. The number of hydrogen-bond acceptors (Lipinski definition) is 5. The molecule has 1 atom stereocenters. The van der Waals surface area contributed by atoms with E-state index in [2.05, 4.69) is 36.1 Å². The summed E-state index contributed by atoms with van der Waals surface area (Å²) in [4.78, 5) is 32.2. The summed E-state index contributed by atoms with van der Waals surface area (Å²) in [6.07, 6.45) is 0. The highest BCUT2D eigenvalue weighted by Crippen LogP contribution is 2.28. The van der Waals surface area contributed by atoms with E-state index in [-0.39, 0.29) is 27.7 Å². The first-order valence-electron chi connectivity index (χ1n) is 9.97. The number of aromatic amines is 1. The molecule has 3 rings (SSSR count). The molecular formula is C24H23ClN4O2S. The molecule has 0 bridgehead atoms. The van der Waals surface area contributed by atoms with E-state index in [1.807, 2.05) is 30.3 Å². The van der Waals surface area contributed by atoms with Crippen LogP contribution in [0.15, 0.2) is 58.5 Å². The van der Waals surface area contributed by atoms with Gasteiger partial charge < -0.3 is 10.3 Å². The predicted octanol–water partition coefficient (Wildman–Crippen LogP) is 5.38. The third kappa shape index (κ3) is 5.39. The number of nitrogens with zero attached hydrogens (tertiary/aromatic N) is 2. The monoisotopic (exact) mass is 466 g/mol. The summed E-state index contributed by atoms with van der Waals surface area (Å²) in [6, 6.07) is 16.5. The van der Waals surface area contributed by atoms with Crippen molar-refractivity contribution in [1.82, 2.24) is 9.97 Å². The Labute approximate surface area is 196 Å². The van der Waals surface area contributed by atoms with Gasteiger partial charge in [0.15, 0.2) is 5.16 Å². The first kappa shape index (κ1) is 23.6. The van der Waals surface area contributed by atoms with Crippen LogP contribution >= 0.6 is 23.4 Å². The molecule has 2 N–H and O–H groups in total. The quantitative estimate of drug-likeness (QED) is 0.388. The van der Waals surface area contributed by atoms with Crippen LogP contribution in [0.5, 0.6) is 0 Å². The first-order chi connectivity index (χ1) is 15.1. The molecule has 32 heavy (non-hydrogen) atoms. The molecule has 0 saturated heterocycles. The molecule has 1 heterocycles. The molecule has 0 aliphatic heterocycles. The Balaban J connectivity index is 1.88. The summed E-state index contributed by atoms with van der Waals surface area (Å²) in [5, 5.41) is 12.4. The average Bonchev–Trinajstić information content (AvgIpc) is 2.74. The van der Waals surface area contributed by atoms with Crippen LogP contribution in [0.2, 0.25) is 5.02 Å². The summed E-state index contributed by atoms with van der Waals surface area (Å²) in [5.74, 6) is -0.286. The fourth-order valence-corrected chi connectivity index (χ4v) is 3.95. The zero-order valence-corrected chi connectivity index (χ0v) is 19.8. The van der Waals surface area contributed by atoms with Gasteiger partial charge in [0.05, 0.1) is 21.7 Å². The predicted molar refractivity (Wildman–Crippen MR) is 129 cm³/mol. The number of benzene rings is 2. The van der Waals surface area contributed by atoms with E-state index in [1.54, 1.807) is 31.2 Å². The van der Waals surface area contributed by atoms with Gasteiger partial charge in [-0.25, -0.2) is 4.98 Å². The summed E-state index contributed by atoms with van der Waals surface area (Å²) >= 11 is 7.20. The summed E-state index contributed by atoms with van der Waals surface area (Å²) < 4.78 is 0. The van der Waals surface area contributed by atoms with Crippen LogP contribution in [0.3, 0.4) is 0 Å². The van der Waals surface area contributed by atoms with Crippen LogP contribution in [0.25, 0.3) is 11.3 Å². The van der Waals surface area contributed by atoms with Crippen LogP contribution in [0, 0.1) is 11.3 Å².